The SMILES string of the molecule is Cc1cccc(Cl)c1NC(=O)c1sc(NC2CC2)nc1N. The first-order chi connectivity index (χ1) is 10.0. The topological polar surface area (TPSA) is 80.0 Å². The molecule has 1 amide bonds. The quantitative estimate of drug-likeness (QED) is 0.804. The molecular formula is C14H15ClN4OS. The summed E-state index contributed by atoms with van der Waals surface area (Å²) in [4.78, 5) is 16.9. The first kappa shape index (κ1) is 14.2. The lowest BCUT2D eigenvalue weighted by atomic mass is 10.2. The number of hydrogen-bond acceptors (Lipinski definition) is 5. The average Bonchev–Trinajstić information content (AvgIpc) is 3.16. The van der Waals surface area contributed by atoms with Crippen LogP contribution >= 0.6 is 22.9 Å². The number of aryl methyl sites for hydroxylation is 1. The minimum absolute atomic E-state index is 0.241. The summed E-state index contributed by atoms with van der Waals surface area (Å²) < 4.78 is 0. The lowest BCUT2D eigenvalue weighted by Crippen LogP contribution is -2.13. The van der Waals surface area contributed by atoms with Crippen LogP contribution in [-0.2, 0) is 0 Å². The van der Waals surface area contributed by atoms with Crippen LogP contribution in [0.1, 0.15) is 28.1 Å². The zero-order chi connectivity index (χ0) is 15.0. The molecule has 110 valence electrons. The van der Waals surface area contributed by atoms with Crippen LogP contribution in [0.15, 0.2) is 18.2 Å². The molecule has 1 aromatic heterocycles. The summed E-state index contributed by atoms with van der Waals surface area (Å²) in [5.74, 6) is -0.0459. The normalized spacial score (nSPS) is 14.0. The van der Waals surface area contributed by atoms with Gasteiger partial charge in [-0.3, -0.25) is 4.79 Å². The van der Waals surface area contributed by atoms with Crippen LogP contribution < -0.4 is 16.4 Å². The van der Waals surface area contributed by atoms with E-state index in [1.807, 2.05) is 19.1 Å². The Morgan fingerprint density at radius 1 is 1.48 bits per heavy atom. The van der Waals surface area contributed by atoms with Crippen molar-refractivity contribution < 1.29 is 4.79 Å². The second kappa shape index (κ2) is 5.54. The number of thiazole rings is 1. The van der Waals surface area contributed by atoms with E-state index in [-0.39, 0.29) is 11.7 Å². The van der Waals surface area contributed by atoms with Gasteiger partial charge in [0.05, 0.1) is 10.7 Å². The molecule has 0 unspecified atom stereocenters. The molecule has 1 aromatic carbocycles. The van der Waals surface area contributed by atoms with E-state index in [2.05, 4.69) is 15.6 Å². The lowest BCUT2D eigenvalue weighted by Gasteiger charge is -2.09. The Balaban J connectivity index is 1.80. The van der Waals surface area contributed by atoms with Crippen molar-refractivity contribution in [1.82, 2.24) is 4.98 Å². The van der Waals surface area contributed by atoms with Gasteiger partial charge in [-0.05, 0) is 31.4 Å². The molecule has 0 aliphatic heterocycles. The monoisotopic (exact) mass is 322 g/mol. The molecule has 21 heavy (non-hydrogen) atoms. The summed E-state index contributed by atoms with van der Waals surface area (Å²) in [6.45, 7) is 1.89. The molecule has 5 nitrogen and oxygen atoms in total. The van der Waals surface area contributed by atoms with E-state index in [1.165, 1.54) is 11.3 Å². The summed E-state index contributed by atoms with van der Waals surface area (Å²) >= 11 is 7.38. The number of amides is 1. The molecule has 0 atom stereocenters. The van der Waals surface area contributed by atoms with Crippen molar-refractivity contribution >= 4 is 45.5 Å². The van der Waals surface area contributed by atoms with Crippen LogP contribution in [0, 0.1) is 6.92 Å². The second-order valence-electron chi connectivity index (χ2n) is 5.04. The zero-order valence-corrected chi connectivity index (χ0v) is 13.0. The van der Waals surface area contributed by atoms with Crippen LogP contribution in [0.4, 0.5) is 16.6 Å². The number of carbonyl (C=O) groups is 1. The third kappa shape index (κ3) is 3.11. The largest absolute Gasteiger partial charge is 0.382 e. The van der Waals surface area contributed by atoms with Crippen LogP contribution in [0.25, 0.3) is 0 Å². The van der Waals surface area contributed by atoms with Crippen molar-refractivity contribution in [3.8, 4) is 0 Å². The highest BCUT2D eigenvalue weighted by atomic mass is 35.5. The van der Waals surface area contributed by atoms with Gasteiger partial charge in [-0.25, -0.2) is 4.98 Å². The van der Waals surface area contributed by atoms with Crippen molar-refractivity contribution in [3.63, 3.8) is 0 Å². The van der Waals surface area contributed by atoms with Gasteiger partial charge in [0.1, 0.15) is 10.7 Å². The van der Waals surface area contributed by atoms with Gasteiger partial charge in [-0.1, -0.05) is 35.1 Å². The van der Waals surface area contributed by atoms with E-state index < -0.39 is 0 Å². The fraction of sp³-hybridized carbons (Fsp3) is 0.286. The Hall–Kier alpha value is -1.79. The van der Waals surface area contributed by atoms with Crippen molar-refractivity contribution in [2.45, 2.75) is 25.8 Å². The molecular weight excluding hydrogens is 308 g/mol. The number of anilines is 3. The Labute approximate surface area is 131 Å². The highest BCUT2D eigenvalue weighted by Crippen LogP contribution is 2.32. The van der Waals surface area contributed by atoms with Gasteiger partial charge in [-0.15, -0.1) is 0 Å². The Kier molecular flexibility index (Phi) is 3.73. The summed E-state index contributed by atoms with van der Waals surface area (Å²) in [5, 5.41) is 7.24. The Bertz CT molecular complexity index is 676. The first-order valence-corrected chi connectivity index (χ1v) is 7.83. The summed E-state index contributed by atoms with van der Waals surface area (Å²) in [5.41, 5.74) is 7.34. The van der Waals surface area contributed by atoms with Gasteiger partial charge in [0.25, 0.3) is 5.91 Å². The van der Waals surface area contributed by atoms with E-state index in [0.29, 0.717) is 26.8 Å². The maximum Gasteiger partial charge on any atom is 0.269 e. The highest BCUT2D eigenvalue weighted by molar-refractivity contribution is 7.18. The van der Waals surface area contributed by atoms with Crippen LogP contribution in [0.3, 0.4) is 0 Å². The molecule has 0 saturated heterocycles. The fourth-order valence-corrected chi connectivity index (χ4v) is 3.05. The first-order valence-electron chi connectivity index (χ1n) is 6.64. The smallest absolute Gasteiger partial charge is 0.269 e. The number of nitrogens with zero attached hydrogens (tertiary/aromatic N) is 1. The molecule has 1 fully saturated rings. The number of nitrogens with two attached hydrogens (primary N) is 1. The second-order valence-corrected chi connectivity index (χ2v) is 6.44. The standard InChI is InChI=1S/C14H15ClN4OS/c1-7-3-2-4-9(15)10(7)18-13(20)11-12(16)19-14(21-11)17-8-5-6-8/h2-4,8H,5-6,16H2,1H3,(H,17,19)(H,18,20). The molecule has 0 radical (unpaired) electrons. The Morgan fingerprint density at radius 2 is 2.24 bits per heavy atom. The van der Waals surface area contributed by atoms with Gasteiger partial charge in [0.15, 0.2) is 5.13 Å². The number of nitrogen functional groups attached to an aromatic ring is 1. The fourth-order valence-electron chi connectivity index (χ4n) is 1.92. The highest BCUT2D eigenvalue weighted by Gasteiger charge is 2.24. The maximum absolute atomic E-state index is 12.3. The summed E-state index contributed by atoms with van der Waals surface area (Å²) in [6, 6.07) is 5.93. The summed E-state index contributed by atoms with van der Waals surface area (Å²) in [7, 11) is 0. The van der Waals surface area contributed by atoms with E-state index in [4.69, 9.17) is 17.3 Å². The molecule has 7 heteroatoms. The van der Waals surface area contributed by atoms with Gasteiger partial charge >= 0.3 is 0 Å². The van der Waals surface area contributed by atoms with Gasteiger partial charge in [-0.2, -0.15) is 0 Å². The van der Waals surface area contributed by atoms with Gasteiger partial charge in [0, 0.05) is 6.04 Å². The third-order valence-corrected chi connectivity index (χ3v) is 4.54. The average molecular weight is 323 g/mol. The van der Waals surface area contributed by atoms with Crippen LogP contribution in [0.5, 0.6) is 0 Å². The molecule has 1 heterocycles. The Morgan fingerprint density at radius 3 is 2.90 bits per heavy atom. The van der Waals surface area contributed by atoms with Crippen molar-refractivity contribution in [1.29, 1.82) is 0 Å². The van der Waals surface area contributed by atoms with E-state index in [9.17, 15) is 4.79 Å². The predicted octanol–water partition coefficient (Wildman–Crippen LogP) is 3.51. The minimum atomic E-state index is -0.287. The van der Waals surface area contributed by atoms with Gasteiger partial charge < -0.3 is 16.4 Å². The lowest BCUT2D eigenvalue weighted by molar-refractivity contribution is 0.103. The van der Waals surface area contributed by atoms with Crippen molar-refractivity contribution in [2.24, 2.45) is 0 Å². The molecule has 1 saturated carbocycles. The number of benzene rings is 1. The number of aromatic nitrogens is 1. The molecule has 1 aliphatic rings. The zero-order valence-electron chi connectivity index (χ0n) is 11.4. The van der Waals surface area contributed by atoms with Crippen molar-refractivity contribution in [2.75, 3.05) is 16.4 Å². The number of nitrogens with one attached hydrogen (secondary N) is 2. The van der Waals surface area contributed by atoms with E-state index in [0.717, 1.165) is 18.4 Å². The molecule has 0 bridgehead atoms. The molecule has 2 aromatic rings. The number of rotatable bonds is 4. The van der Waals surface area contributed by atoms with E-state index >= 15 is 0 Å². The summed E-state index contributed by atoms with van der Waals surface area (Å²) in [6.07, 6.45) is 2.28. The number of hydrogen-bond donors (Lipinski definition) is 3. The van der Waals surface area contributed by atoms with Crippen LogP contribution in [0.2, 0.25) is 5.02 Å². The van der Waals surface area contributed by atoms with Crippen LogP contribution in [-0.4, -0.2) is 16.9 Å². The molecule has 1 aliphatic carbocycles. The predicted molar refractivity (Wildman–Crippen MR) is 87.3 cm³/mol. The molecule has 4 N–H and O–H groups in total. The maximum atomic E-state index is 12.3. The van der Waals surface area contributed by atoms with Gasteiger partial charge in [0.2, 0.25) is 0 Å². The molecule has 0 spiro atoms. The van der Waals surface area contributed by atoms with Crippen molar-refractivity contribution in [3.05, 3.63) is 33.7 Å². The molecule has 3 rings (SSSR count). The number of carbonyl (C=O) groups excluding carboxylic acids is 1. The number of para-hydroxylation sites is 1. The van der Waals surface area contributed by atoms with E-state index in [1.54, 1.807) is 6.07 Å². The number of halogens is 1. The minimum Gasteiger partial charge on any atom is -0.382 e. The third-order valence-electron chi connectivity index (χ3n) is 3.23.